The highest BCUT2D eigenvalue weighted by molar-refractivity contribution is 6.50. The number of carboxylic acids is 1. The van der Waals surface area contributed by atoms with E-state index in [9.17, 15) is 4.79 Å². The van der Waals surface area contributed by atoms with Crippen molar-refractivity contribution in [2.24, 2.45) is 0 Å². The van der Waals surface area contributed by atoms with E-state index in [-0.39, 0.29) is 6.42 Å². The number of carbonyl (C=O) groups is 1. The maximum atomic E-state index is 9.96. The Labute approximate surface area is 63.1 Å². The Morgan fingerprint density at radius 1 is 1.78 bits per heavy atom. The zero-order chi connectivity index (χ0) is 7.49. The van der Waals surface area contributed by atoms with Crippen LogP contribution in [0.15, 0.2) is 12.7 Å². The van der Waals surface area contributed by atoms with Gasteiger partial charge in [0.15, 0.2) is 0 Å². The monoisotopic (exact) mass is 168 g/mol. The molecule has 0 spiro atoms. The first-order valence-electron chi connectivity index (χ1n) is 2.21. The first kappa shape index (κ1) is 8.79. The molecule has 9 heavy (non-hydrogen) atoms. The summed E-state index contributed by atoms with van der Waals surface area (Å²) in [4.78, 5) is 9.96. The normalized spacial score (nSPS) is 10.9. The van der Waals surface area contributed by atoms with Gasteiger partial charge in [0.05, 0.1) is 6.42 Å². The number of aliphatic carboxylic acids is 1. The largest absolute Gasteiger partial charge is 0.481 e. The fourth-order valence-corrected chi connectivity index (χ4v) is 0.502. The lowest BCUT2D eigenvalue weighted by Crippen LogP contribution is -2.14. The van der Waals surface area contributed by atoms with Crippen LogP contribution < -0.4 is 0 Å². The van der Waals surface area contributed by atoms with Crippen molar-refractivity contribution in [1.29, 1.82) is 0 Å². The lowest BCUT2D eigenvalue weighted by Gasteiger charge is -2.09. The van der Waals surface area contributed by atoms with Crippen molar-refractivity contribution >= 4 is 29.2 Å². The molecule has 0 aromatic rings. The van der Waals surface area contributed by atoms with Crippen LogP contribution >= 0.6 is 23.2 Å². The van der Waals surface area contributed by atoms with Gasteiger partial charge in [-0.3, -0.25) is 4.79 Å². The third-order valence-electron chi connectivity index (χ3n) is 0.686. The predicted molar refractivity (Wildman–Crippen MR) is 36.9 cm³/mol. The van der Waals surface area contributed by atoms with Gasteiger partial charge in [0.2, 0.25) is 0 Å². The van der Waals surface area contributed by atoms with Crippen molar-refractivity contribution in [3.8, 4) is 0 Å². The molecule has 0 bridgehead atoms. The lowest BCUT2D eigenvalue weighted by molar-refractivity contribution is -0.137. The molecule has 0 aromatic heterocycles. The molecule has 0 heterocycles. The van der Waals surface area contributed by atoms with Crippen LogP contribution in [0.2, 0.25) is 0 Å². The van der Waals surface area contributed by atoms with Gasteiger partial charge < -0.3 is 5.11 Å². The highest BCUT2D eigenvalue weighted by atomic mass is 35.5. The summed E-state index contributed by atoms with van der Waals surface area (Å²) < 4.78 is -1.33. The second-order valence-electron chi connectivity index (χ2n) is 1.54. The maximum Gasteiger partial charge on any atom is 0.306 e. The summed E-state index contributed by atoms with van der Waals surface area (Å²) in [5.74, 6) is -1.04. The molecule has 4 heteroatoms. The van der Waals surface area contributed by atoms with Gasteiger partial charge in [0, 0.05) is 0 Å². The van der Waals surface area contributed by atoms with E-state index in [1.807, 2.05) is 0 Å². The molecule has 0 amide bonds. The van der Waals surface area contributed by atoms with E-state index in [1.165, 1.54) is 6.08 Å². The highest BCUT2D eigenvalue weighted by Crippen LogP contribution is 2.25. The zero-order valence-electron chi connectivity index (χ0n) is 4.60. The Bertz CT molecular complexity index is 131. The Morgan fingerprint density at radius 2 is 2.22 bits per heavy atom. The minimum atomic E-state index is -1.33. The maximum absolute atomic E-state index is 9.96. The molecule has 0 saturated carbocycles. The average molecular weight is 169 g/mol. The smallest absolute Gasteiger partial charge is 0.306 e. The Morgan fingerprint density at radius 3 is 2.33 bits per heavy atom. The summed E-state index contributed by atoms with van der Waals surface area (Å²) in [6, 6.07) is 0. The molecular formula is C5H6Cl2O2. The second kappa shape index (κ2) is 3.08. The molecule has 0 fully saturated rings. The fraction of sp³-hybridized carbons (Fsp3) is 0.400. The third kappa shape index (κ3) is 4.30. The van der Waals surface area contributed by atoms with Gasteiger partial charge in [-0.2, -0.15) is 0 Å². The van der Waals surface area contributed by atoms with Crippen LogP contribution in [0.3, 0.4) is 0 Å². The van der Waals surface area contributed by atoms with Crippen molar-refractivity contribution in [3.05, 3.63) is 12.7 Å². The Hall–Kier alpha value is -0.210. The third-order valence-corrected chi connectivity index (χ3v) is 1.26. The van der Waals surface area contributed by atoms with Gasteiger partial charge in [0.25, 0.3) is 0 Å². The van der Waals surface area contributed by atoms with Crippen LogP contribution in [-0.2, 0) is 4.79 Å². The molecule has 2 nitrogen and oxygen atoms in total. The van der Waals surface area contributed by atoms with Gasteiger partial charge in [-0.05, 0) is 0 Å². The number of carboxylic acid groups (broad SMARTS) is 1. The summed E-state index contributed by atoms with van der Waals surface area (Å²) >= 11 is 10.8. The molecule has 0 rings (SSSR count). The second-order valence-corrected chi connectivity index (χ2v) is 3.08. The molecule has 52 valence electrons. The number of rotatable bonds is 3. The van der Waals surface area contributed by atoms with Crippen LogP contribution in [0.4, 0.5) is 0 Å². The van der Waals surface area contributed by atoms with E-state index in [2.05, 4.69) is 6.58 Å². The van der Waals surface area contributed by atoms with Gasteiger partial charge in [-0.25, -0.2) is 0 Å². The molecule has 0 saturated heterocycles. The van der Waals surface area contributed by atoms with E-state index in [4.69, 9.17) is 28.3 Å². The van der Waals surface area contributed by atoms with E-state index < -0.39 is 10.3 Å². The van der Waals surface area contributed by atoms with Crippen molar-refractivity contribution < 1.29 is 9.90 Å². The predicted octanol–water partition coefficient (Wildman–Crippen LogP) is 1.82. The molecule has 0 radical (unpaired) electrons. The number of hydrogen-bond acceptors (Lipinski definition) is 1. The summed E-state index contributed by atoms with van der Waals surface area (Å²) in [6.45, 7) is 3.26. The van der Waals surface area contributed by atoms with E-state index >= 15 is 0 Å². The molecule has 0 atom stereocenters. The van der Waals surface area contributed by atoms with Crippen molar-refractivity contribution in [3.63, 3.8) is 0 Å². The topological polar surface area (TPSA) is 37.3 Å². The zero-order valence-corrected chi connectivity index (χ0v) is 6.11. The van der Waals surface area contributed by atoms with Crippen LogP contribution in [0, 0.1) is 0 Å². The van der Waals surface area contributed by atoms with E-state index in [0.717, 1.165) is 0 Å². The first-order chi connectivity index (χ1) is 3.98. The number of hydrogen-bond donors (Lipinski definition) is 1. The summed E-state index contributed by atoms with van der Waals surface area (Å²) in [7, 11) is 0. The SMILES string of the molecule is C=CC(Cl)(Cl)CC(=O)O. The quantitative estimate of drug-likeness (QED) is 0.516. The molecular weight excluding hydrogens is 163 g/mol. The summed E-state index contributed by atoms with van der Waals surface area (Å²) in [6.07, 6.45) is 0.865. The minimum absolute atomic E-state index is 0.320. The van der Waals surface area contributed by atoms with Crippen LogP contribution in [0.1, 0.15) is 6.42 Å². The Kier molecular flexibility index (Phi) is 3.01. The van der Waals surface area contributed by atoms with Crippen molar-refractivity contribution in [1.82, 2.24) is 0 Å². The highest BCUT2D eigenvalue weighted by Gasteiger charge is 2.22. The van der Waals surface area contributed by atoms with Crippen LogP contribution in [0.25, 0.3) is 0 Å². The molecule has 0 unspecified atom stereocenters. The van der Waals surface area contributed by atoms with Gasteiger partial charge in [-0.15, -0.1) is 6.58 Å². The lowest BCUT2D eigenvalue weighted by atomic mass is 10.3. The molecule has 1 N–H and O–H groups in total. The summed E-state index contributed by atoms with van der Waals surface area (Å²) in [5.41, 5.74) is 0. The molecule has 0 aliphatic carbocycles. The van der Waals surface area contributed by atoms with Crippen molar-refractivity contribution in [2.75, 3.05) is 0 Å². The number of halogens is 2. The minimum Gasteiger partial charge on any atom is -0.481 e. The van der Waals surface area contributed by atoms with Gasteiger partial charge in [-0.1, -0.05) is 29.3 Å². The standard InChI is InChI=1S/C5H6Cl2O2/c1-2-5(6,7)3-4(8)9/h2H,1,3H2,(H,8,9). The average Bonchev–Trinajstić information content (AvgIpc) is 1.63. The summed E-state index contributed by atoms with van der Waals surface area (Å²) in [5, 5.41) is 8.16. The first-order valence-corrected chi connectivity index (χ1v) is 2.97. The van der Waals surface area contributed by atoms with Gasteiger partial charge >= 0.3 is 5.97 Å². The number of alkyl halides is 2. The Balaban J connectivity index is 3.86. The molecule has 0 aliphatic heterocycles. The van der Waals surface area contributed by atoms with Gasteiger partial charge in [0.1, 0.15) is 4.33 Å². The molecule has 0 aliphatic rings. The van der Waals surface area contributed by atoms with Crippen LogP contribution in [-0.4, -0.2) is 15.4 Å². The number of allylic oxidation sites excluding steroid dienone is 1. The van der Waals surface area contributed by atoms with E-state index in [1.54, 1.807) is 0 Å². The van der Waals surface area contributed by atoms with E-state index in [0.29, 0.717) is 0 Å². The van der Waals surface area contributed by atoms with Crippen molar-refractivity contribution in [2.45, 2.75) is 10.8 Å². The van der Waals surface area contributed by atoms with Crippen LogP contribution in [0.5, 0.6) is 0 Å². The fourth-order valence-electron chi connectivity index (χ4n) is 0.274. The molecule has 0 aromatic carbocycles.